The second-order valence-electron chi connectivity index (χ2n) is 3.97. The minimum absolute atomic E-state index is 0. The van der Waals surface area contributed by atoms with Crippen molar-refractivity contribution in [2.24, 2.45) is 5.92 Å². The first-order valence-electron chi connectivity index (χ1n) is 5.47. The molecule has 1 atom stereocenters. The Labute approximate surface area is 102 Å². The predicted octanol–water partition coefficient (Wildman–Crippen LogP) is 1.59. The zero-order valence-electron chi connectivity index (χ0n) is 9.48. The molecule has 0 amide bonds. The topological polar surface area (TPSA) is 47.0 Å². The van der Waals surface area contributed by atoms with Crippen molar-refractivity contribution in [3.8, 4) is 5.88 Å². The smallest absolute Gasteiger partial charge is 0.235 e. The predicted molar refractivity (Wildman–Crippen MR) is 65.1 cm³/mol. The number of rotatable bonds is 3. The molecule has 0 radical (unpaired) electrons. The highest BCUT2D eigenvalue weighted by Gasteiger charge is 2.14. The summed E-state index contributed by atoms with van der Waals surface area (Å²) in [5.74, 6) is 1.28. The van der Waals surface area contributed by atoms with Crippen molar-refractivity contribution >= 4 is 12.4 Å². The highest BCUT2D eigenvalue weighted by Crippen LogP contribution is 2.14. The van der Waals surface area contributed by atoms with Gasteiger partial charge in [0.15, 0.2) is 0 Å². The quantitative estimate of drug-likeness (QED) is 0.876. The van der Waals surface area contributed by atoms with Crippen molar-refractivity contribution in [1.82, 2.24) is 15.3 Å². The van der Waals surface area contributed by atoms with Gasteiger partial charge in [-0.1, -0.05) is 0 Å². The zero-order valence-corrected chi connectivity index (χ0v) is 10.3. The van der Waals surface area contributed by atoms with E-state index in [1.165, 1.54) is 12.8 Å². The number of piperidine rings is 1. The molecule has 1 fully saturated rings. The summed E-state index contributed by atoms with van der Waals surface area (Å²) in [7, 11) is 0. The lowest BCUT2D eigenvalue weighted by atomic mass is 10.0. The number of hydrogen-bond donors (Lipinski definition) is 1. The van der Waals surface area contributed by atoms with E-state index in [1.54, 1.807) is 12.4 Å². The lowest BCUT2D eigenvalue weighted by Gasteiger charge is -2.22. The van der Waals surface area contributed by atoms with Gasteiger partial charge < -0.3 is 10.1 Å². The van der Waals surface area contributed by atoms with Crippen molar-refractivity contribution in [2.45, 2.75) is 19.8 Å². The van der Waals surface area contributed by atoms with Crippen LogP contribution in [0.1, 0.15) is 18.5 Å². The molecule has 0 spiro atoms. The Hall–Kier alpha value is -0.870. The molecule has 1 unspecified atom stereocenters. The Morgan fingerprint density at radius 2 is 2.25 bits per heavy atom. The molecule has 1 saturated heterocycles. The first kappa shape index (κ1) is 13.2. The minimum atomic E-state index is 0. The fourth-order valence-corrected chi connectivity index (χ4v) is 1.80. The average Bonchev–Trinajstić information content (AvgIpc) is 2.29. The van der Waals surface area contributed by atoms with Crippen LogP contribution in [0.3, 0.4) is 0 Å². The summed E-state index contributed by atoms with van der Waals surface area (Å²) in [6.45, 7) is 4.86. The zero-order chi connectivity index (χ0) is 10.5. The van der Waals surface area contributed by atoms with Crippen molar-refractivity contribution < 1.29 is 4.74 Å². The normalized spacial score (nSPS) is 19.9. The Bertz CT molecular complexity index is 316. The number of nitrogens with one attached hydrogen (secondary N) is 1. The van der Waals surface area contributed by atoms with Crippen molar-refractivity contribution in [3.05, 3.63) is 18.1 Å². The molecule has 2 heterocycles. The van der Waals surface area contributed by atoms with E-state index >= 15 is 0 Å². The first-order valence-corrected chi connectivity index (χ1v) is 5.47. The van der Waals surface area contributed by atoms with Gasteiger partial charge >= 0.3 is 0 Å². The number of hydrogen-bond acceptors (Lipinski definition) is 4. The summed E-state index contributed by atoms with van der Waals surface area (Å²) in [6, 6.07) is 0. The number of nitrogens with zero attached hydrogens (tertiary/aromatic N) is 2. The van der Waals surface area contributed by atoms with Crippen LogP contribution in [-0.4, -0.2) is 29.7 Å². The molecular weight excluding hydrogens is 226 g/mol. The van der Waals surface area contributed by atoms with Crippen LogP contribution in [0, 0.1) is 12.8 Å². The van der Waals surface area contributed by atoms with Crippen LogP contribution in [0.5, 0.6) is 5.88 Å². The van der Waals surface area contributed by atoms with Gasteiger partial charge in [-0.2, -0.15) is 0 Å². The molecule has 0 aliphatic carbocycles. The summed E-state index contributed by atoms with van der Waals surface area (Å²) in [6.07, 6.45) is 5.84. The standard InChI is InChI=1S/C11H17N3O.ClH/c1-9-11(14-6-5-13-9)15-8-10-3-2-4-12-7-10;/h5-6,10,12H,2-4,7-8H2,1H3;1H. The largest absolute Gasteiger partial charge is 0.476 e. The number of aromatic nitrogens is 2. The Balaban J connectivity index is 0.00000128. The first-order chi connectivity index (χ1) is 7.36. The molecule has 16 heavy (non-hydrogen) atoms. The van der Waals surface area contributed by atoms with Gasteiger partial charge in [0.25, 0.3) is 0 Å². The Morgan fingerprint density at radius 1 is 1.44 bits per heavy atom. The SMILES string of the molecule is Cc1nccnc1OCC1CCCNC1.Cl. The second-order valence-corrected chi connectivity index (χ2v) is 3.97. The van der Waals surface area contributed by atoms with Gasteiger partial charge in [0.2, 0.25) is 5.88 Å². The average molecular weight is 244 g/mol. The minimum Gasteiger partial charge on any atom is -0.476 e. The third kappa shape index (κ3) is 3.61. The third-order valence-electron chi connectivity index (χ3n) is 2.69. The summed E-state index contributed by atoms with van der Waals surface area (Å²) < 4.78 is 5.66. The van der Waals surface area contributed by atoms with Gasteiger partial charge in [-0.25, -0.2) is 4.98 Å². The van der Waals surface area contributed by atoms with E-state index in [9.17, 15) is 0 Å². The van der Waals surface area contributed by atoms with Crippen LogP contribution >= 0.6 is 12.4 Å². The highest BCUT2D eigenvalue weighted by molar-refractivity contribution is 5.85. The Kier molecular flexibility index (Phi) is 5.49. The molecule has 90 valence electrons. The number of aryl methyl sites for hydroxylation is 1. The molecule has 5 heteroatoms. The highest BCUT2D eigenvalue weighted by atomic mass is 35.5. The fraction of sp³-hybridized carbons (Fsp3) is 0.636. The van der Waals surface area contributed by atoms with Crippen molar-refractivity contribution in [3.63, 3.8) is 0 Å². The number of ether oxygens (including phenoxy) is 1. The molecule has 1 N–H and O–H groups in total. The lowest BCUT2D eigenvalue weighted by molar-refractivity contribution is 0.210. The van der Waals surface area contributed by atoms with Gasteiger partial charge in [0.05, 0.1) is 12.3 Å². The molecule has 1 aromatic heterocycles. The van der Waals surface area contributed by atoms with Crippen LogP contribution < -0.4 is 10.1 Å². The molecule has 1 aromatic rings. The summed E-state index contributed by atoms with van der Waals surface area (Å²) in [5.41, 5.74) is 0.862. The van der Waals surface area contributed by atoms with Crippen LogP contribution in [-0.2, 0) is 0 Å². The number of halogens is 1. The molecule has 0 saturated carbocycles. The van der Waals surface area contributed by atoms with E-state index in [-0.39, 0.29) is 12.4 Å². The summed E-state index contributed by atoms with van der Waals surface area (Å²) in [5, 5.41) is 3.37. The van der Waals surface area contributed by atoms with Crippen molar-refractivity contribution in [1.29, 1.82) is 0 Å². The molecule has 1 aliphatic heterocycles. The molecule has 1 aliphatic rings. The van der Waals surface area contributed by atoms with Crippen LogP contribution in [0.2, 0.25) is 0 Å². The fourth-order valence-electron chi connectivity index (χ4n) is 1.80. The van der Waals surface area contributed by atoms with E-state index in [4.69, 9.17) is 4.74 Å². The van der Waals surface area contributed by atoms with E-state index in [0.29, 0.717) is 11.8 Å². The van der Waals surface area contributed by atoms with E-state index in [1.807, 2.05) is 6.92 Å². The van der Waals surface area contributed by atoms with Crippen LogP contribution in [0.15, 0.2) is 12.4 Å². The van der Waals surface area contributed by atoms with Gasteiger partial charge in [0.1, 0.15) is 0 Å². The van der Waals surface area contributed by atoms with Gasteiger partial charge in [-0.05, 0) is 26.3 Å². The van der Waals surface area contributed by atoms with Gasteiger partial charge in [-0.3, -0.25) is 4.98 Å². The summed E-state index contributed by atoms with van der Waals surface area (Å²) in [4.78, 5) is 8.30. The molecule has 0 aromatic carbocycles. The third-order valence-corrected chi connectivity index (χ3v) is 2.69. The summed E-state index contributed by atoms with van der Waals surface area (Å²) >= 11 is 0. The van der Waals surface area contributed by atoms with Gasteiger partial charge in [0, 0.05) is 24.9 Å². The van der Waals surface area contributed by atoms with E-state index in [0.717, 1.165) is 25.4 Å². The maximum Gasteiger partial charge on any atom is 0.235 e. The molecule has 2 rings (SSSR count). The van der Waals surface area contributed by atoms with E-state index in [2.05, 4.69) is 15.3 Å². The van der Waals surface area contributed by atoms with Gasteiger partial charge in [-0.15, -0.1) is 12.4 Å². The maximum atomic E-state index is 5.66. The molecule has 4 nitrogen and oxygen atoms in total. The van der Waals surface area contributed by atoms with Crippen LogP contribution in [0.4, 0.5) is 0 Å². The monoisotopic (exact) mass is 243 g/mol. The van der Waals surface area contributed by atoms with E-state index < -0.39 is 0 Å². The molecular formula is C11H18ClN3O. The molecule has 0 bridgehead atoms. The Morgan fingerprint density at radius 3 is 2.94 bits per heavy atom. The second kappa shape index (κ2) is 6.66. The lowest BCUT2D eigenvalue weighted by Crippen LogP contribution is -2.33. The van der Waals surface area contributed by atoms with Crippen LogP contribution in [0.25, 0.3) is 0 Å². The van der Waals surface area contributed by atoms with Crippen molar-refractivity contribution in [2.75, 3.05) is 19.7 Å². The maximum absolute atomic E-state index is 5.66.